The highest BCUT2D eigenvalue weighted by Crippen LogP contribution is 2.26. The number of carbonyl (C=O) groups is 1. The van der Waals surface area contributed by atoms with E-state index < -0.39 is 0 Å². The molecule has 19 heavy (non-hydrogen) atoms. The maximum absolute atomic E-state index is 11.9. The van der Waals surface area contributed by atoms with Gasteiger partial charge in [0.25, 0.3) is 0 Å². The largest absolute Gasteiger partial charge is 0.355 e. The van der Waals surface area contributed by atoms with Crippen LogP contribution in [-0.4, -0.2) is 42.5 Å². The molecule has 2 aliphatic rings. The molecule has 0 aromatic carbocycles. The molecule has 1 amide bonds. The van der Waals surface area contributed by atoms with Crippen molar-refractivity contribution in [3.05, 3.63) is 0 Å². The van der Waals surface area contributed by atoms with Gasteiger partial charge in [0.1, 0.15) is 0 Å². The first-order valence-electron chi connectivity index (χ1n) is 7.93. The van der Waals surface area contributed by atoms with E-state index in [1.165, 1.54) is 32.2 Å². The third kappa shape index (κ3) is 4.46. The predicted molar refractivity (Wildman–Crippen MR) is 77.8 cm³/mol. The number of piperidine rings is 1. The Labute approximate surface area is 117 Å². The van der Waals surface area contributed by atoms with Crippen molar-refractivity contribution in [3.63, 3.8) is 0 Å². The van der Waals surface area contributed by atoms with Crippen molar-refractivity contribution in [1.82, 2.24) is 10.2 Å². The van der Waals surface area contributed by atoms with Gasteiger partial charge in [0, 0.05) is 31.6 Å². The zero-order valence-electron chi connectivity index (χ0n) is 12.2. The molecule has 4 heteroatoms. The molecule has 3 N–H and O–H groups in total. The van der Waals surface area contributed by atoms with Gasteiger partial charge in [-0.3, -0.25) is 9.69 Å². The quantitative estimate of drug-likeness (QED) is 0.793. The lowest BCUT2D eigenvalue weighted by Gasteiger charge is -2.33. The highest BCUT2D eigenvalue weighted by Gasteiger charge is 2.26. The molecule has 0 bridgehead atoms. The Hall–Kier alpha value is -0.610. The molecule has 1 heterocycles. The molecule has 0 radical (unpaired) electrons. The van der Waals surface area contributed by atoms with E-state index in [4.69, 9.17) is 5.73 Å². The molecular weight excluding hydrogens is 238 g/mol. The average Bonchev–Trinajstić information content (AvgIpc) is 2.77. The number of likely N-dealkylation sites (tertiary alicyclic amines) is 1. The lowest BCUT2D eigenvalue weighted by Crippen LogP contribution is -2.42. The summed E-state index contributed by atoms with van der Waals surface area (Å²) in [7, 11) is 0. The number of nitrogens with two attached hydrogens (primary N) is 1. The molecule has 0 aromatic heterocycles. The fourth-order valence-corrected chi connectivity index (χ4v) is 3.46. The second kappa shape index (κ2) is 7.25. The van der Waals surface area contributed by atoms with Crippen molar-refractivity contribution in [2.75, 3.05) is 19.6 Å². The van der Waals surface area contributed by atoms with E-state index in [9.17, 15) is 4.79 Å². The minimum atomic E-state index is 0.187. The minimum Gasteiger partial charge on any atom is -0.355 e. The number of rotatable bonds is 5. The first-order chi connectivity index (χ1) is 9.16. The molecular formula is C15H29N3O. The summed E-state index contributed by atoms with van der Waals surface area (Å²) in [5, 5.41) is 3.06. The first kappa shape index (κ1) is 14.8. The molecule has 2 fully saturated rings. The molecule has 2 rings (SSSR count). The van der Waals surface area contributed by atoms with Gasteiger partial charge in [0.15, 0.2) is 0 Å². The summed E-state index contributed by atoms with van der Waals surface area (Å²) in [5.41, 5.74) is 6.00. The van der Waals surface area contributed by atoms with E-state index in [1.54, 1.807) is 0 Å². The van der Waals surface area contributed by atoms with Crippen LogP contribution in [0.4, 0.5) is 0 Å². The van der Waals surface area contributed by atoms with Crippen LogP contribution in [0.5, 0.6) is 0 Å². The SMILES string of the molecule is CC1CCCCN1CCNC(=O)C[C@@H]1CCC[C@H]1N. The molecule has 1 saturated carbocycles. The van der Waals surface area contributed by atoms with Crippen LogP contribution in [0.2, 0.25) is 0 Å². The summed E-state index contributed by atoms with van der Waals surface area (Å²) < 4.78 is 0. The number of nitrogens with one attached hydrogen (secondary N) is 1. The van der Waals surface area contributed by atoms with Crippen LogP contribution in [0, 0.1) is 5.92 Å². The summed E-state index contributed by atoms with van der Waals surface area (Å²) in [4.78, 5) is 14.4. The maximum Gasteiger partial charge on any atom is 0.220 e. The van der Waals surface area contributed by atoms with Crippen molar-refractivity contribution >= 4 is 5.91 Å². The zero-order valence-corrected chi connectivity index (χ0v) is 12.2. The Kier molecular flexibility index (Phi) is 5.64. The van der Waals surface area contributed by atoms with Crippen LogP contribution in [-0.2, 0) is 4.79 Å². The zero-order chi connectivity index (χ0) is 13.7. The molecule has 1 aliphatic carbocycles. The van der Waals surface area contributed by atoms with Gasteiger partial charge in [0.05, 0.1) is 0 Å². The molecule has 1 aliphatic heterocycles. The summed E-state index contributed by atoms with van der Waals surface area (Å²) in [6.07, 6.45) is 7.96. The molecule has 1 unspecified atom stereocenters. The summed E-state index contributed by atoms with van der Waals surface area (Å²) in [6.45, 7) is 5.25. The van der Waals surface area contributed by atoms with Gasteiger partial charge in [0.2, 0.25) is 5.91 Å². The third-order valence-corrected chi connectivity index (χ3v) is 4.83. The fraction of sp³-hybridized carbons (Fsp3) is 0.933. The average molecular weight is 267 g/mol. The van der Waals surface area contributed by atoms with Gasteiger partial charge in [-0.2, -0.15) is 0 Å². The molecule has 110 valence electrons. The smallest absolute Gasteiger partial charge is 0.220 e. The van der Waals surface area contributed by atoms with Gasteiger partial charge in [-0.15, -0.1) is 0 Å². The number of hydrogen-bond acceptors (Lipinski definition) is 3. The van der Waals surface area contributed by atoms with Crippen LogP contribution in [0.3, 0.4) is 0 Å². The molecule has 3 atom stereocenters. The normalized spacial score (nSPS) is 32.4. The number of amides is 1. The topological polar surface area (TPSA) is 58.4 Å². The van der Waals surface area contributed by atoms with Crippen molar-refractivity contribution < 1.29 is 4.79 Å². The molecule has 0 aromatic rings. The van der Waals surface area contributed by atoms with E-state index in [2.05, 4.69) is 17.1 Å². The van der Waals surface area contributed by atoms with Gasteiger partial charge in [-0.05, 0) is 45.1 Å². The predicted octanol–water partition coefficient (Wildman–Crippen LogP) is 1.49. The Morgan fingerprint density at radius 3 is 2.79 bits per heavy atom. The van der Waals surface area contributed by atoms with Crippen LogP contribution < -0.4 is 11.1 Å². The fourth-order valence-electron chi connectivity index (χ4n) is 3.46. The number of carbonyl (C=O) groups excluding carboxylic acids is 1. The van der Waals surface area contributed by atoms with Crippen molar-refractivity contribution in [2.45, 2.75) is 64.0 Å². The Bertz CT molecular complexity index is 295. The Balaban J connectivity index is 1.60. The van der Waals surface area contributed by atoms with E-state index in [1.807, 2.05) is 0 Å². The lowest BCUT2D eigenvalue weighted by atomic mass is 10.00. The van der Waals surface area contributed by atoms with Crippen LogP contribution in [0.15, 0.2) is 0 Å². The molecule has 1 saturated heterocycles. The lowest BCUT2D eigenvalue weighted by molar-refractivity contribution is -0.122. The highest BCUT2D eigenvalue weighted by atomic mass is 16.1. The maximum atomic E-state index is 11.9. The van der Waals surface area contributed by atoms with Crippen LogP contribution >= 0.6 is 0 Å². The van der Waals surface area contributed by atoms with E-state index in [0.29, 0.717) is 18.4 Å². The summed E-state index contributed by atoms with van der Waals surface area (Å²) in [5.74, 6) is 0.598. The number of nitrogens with zero attached hydrogens (tertiary/aromatic N) is 1. The van der Waals surface area contributed by atoms with E-state index >= 15 is 0 Å². The van der Waals surface area contributed by atoms with Crippen molar-refractivity contribution in [3.8, 4) is 0 Å². The Morgan fingerprint density at radius 1 is 1.26 bits per heavy atom. The monoisotopic (exact) mass is 267 g/mol. The Morgan fingerprint density at radius 2 is 2.11 bits per heavy atom. The second-order valence-electron chi connectivity index (χ2n) is 6.29. The molecule has 0 spiro atoms. The third-order valence-electron chi connectivity index (χ3n) is 4.83. The van der Waals surface area contributed by atoms with Crippen LogP contribution in [0.25, 0.3) is 0 Å². The van der Waals surface area contributed by atoms with Crippen LogP contribution in [0.1, 0.15) is 51.9 Å². The highest BCUT2D eigenvalue weighted by molar-refractivity contribution is 5.76. The van der Waals surface area contributed by atoms with E-state index in [-0.39, 0.29) is 11.9 Å². The number of hydrogen-bond donors (Lipinski definition) is 2. The van der Waals surface area contributed by atoms with Crippen molar-refractivity contribution in [1.29, 1.82) is 0 Å². The summed E-state index contributed by atoms with van der Waals surface area (Å²) >= 11 is 0. The van der Waals surface area contributed by atoms with Crippen molar-refractivity contribution in [2.24, 2.45) is 11.7 Å². The molecule has 4 nitrogen and oxygen atoms in total. The van der Waals surface area contributed by atoms with Gasteiger partial charge >= 0.3 is 0 Å². The van der Waals surface area contributed by atoms with Gasteiger partial charge in [-0.25, -0.2) is 0 Å². The van der Waals surface area contributed by atoms with E-state index in [0.717, 1.165) is 25.9 Å². The minimum absolute atomic E-state index is 0.187. The van der Waals surface area contributed by atoms with Gasteiger partial charge < -0.3 is 11.1 Å². The first-order valence-corrected chi connectivity index (χ1v) is 7.93. The summed E-state index contributed by atoms with van der Waals surface area (Å²) in [6, 6.07) is 0.918. The second-order valence-corrected chi connectivity index (χ2v) is 6.29. The standard InChI is InChI=1S/C15H29N3O/c1-12-5-2-3-9-18(12)10-8-17-15(19)11-13-6-4-7-14(13)16/h12-14H,2-11,16H2,1H3,(H,17,19)/t12?,13-,14+/m0/s1. The van der Waals surface area contributed by atoms with Gasteiger partial charge in [-0.1, -0.05) is 12.8 Å².